The highest BCUT2D eigenvalue weighted by molar-refractivity contribution is 9.10. The molecule has 3 rings (SSSR count). The van der Waals surface area contributed by atoms with E-state index < -0.39 is 0 Å². The van der Waals surface area contributed by atoms with E-state index in [0.29, 0.717) is 11.5 Å². The Kier molecular flexibility index (Phi) is 2.49. The summed E-state index contributed by atoms with van der Waals surface area (Å²) < 4.78 is 2.73. The fourth-order valence-electron chi connectivity index (χ4n) is 1.85. The summed E-state index contributed by atoms with van der Waals surface area (Å²) in [5.41, 5.74) is 2.71. The number of nitrogens with zero attached hydrogens (tertiary/aromatic N) is 3. The van der Waals surface area contributed by atoms with Crippen molar-refractivity contribution in [2.45, 2.75) is 18.8 Å². The number of benzene rings is 1. The van der Waals surface area contributed by atoms with Gasteiger partial charge in [-0.05, 0) is 37.1 Å². The van der Waals surface area contributed by atoms with Crippen LogP contribution in [-0.4, -0.2) is 9.78 Å². The van der Waals surface area contributed by atoms with Crippen LogP contribution in [0.2, 0.25) is 0 Å². The largest absolute Gasteiger partial charge is 0.241 e. The molecule has 0 bridgehead atoms. The van der Waals surface area contributed by atoms with E-state index in [4.69, 9.17) is 5.26 Å². The van der Waals surface area contributed by atoms with Gasteiger partial charge in [0.15, 0.2) is 0 Å². The van der Waals surface area contributed by atoms with E-state index in [-0.39, 0.29) is 0 Å². The van der Waals surface area contributed by atoms with Crippen LogP contribution >= 0.6 is 15.9 Å². The van der Waals surface area contributed by atoms with E-state index >= 15 is 0 Å². The Morgan fingerprint density at radius 3 is 2.88 bits per heavy atom. The van der Waals surface area contributed by atoms with Crippen molar-refractivity contribution >= 4 is 15.9 Å². The van der Waals surface area contributed by atoms with Crippen LogP contribution in [0.4, 0.5) is 0 Å². The molecular formula is C13H10BrN3. The fraction of sp³-hybridized carbons (Fsp3) is 0.231. The van der Waals surface area contributed by atoms with Crippen LogP contribution in [0.1, 0.15) is 30.0 Å². The van der Waals surface area contributed by atoms with Gasteiger partial charge in [-0.2, -0.15) is 10.4 Å². The van der Waals surface area contributed by atoms with Crippen molar-refractivity contribution in [3.63, 3.8) is 0 Å². The molecule has 2 aromatic rings. The highest BCUT2D eigenvalue weighted by Crippen LogP contribution is 2.39. The molecule has 0 atom stereocenters. The molecule has 17 heavy (non-hydrogen) atoms. The zero-order valence-electron chi connectivity index (χ0n) is 9.10. The minimum atomic E-state index is 0.637. The van der Waals surface area contributed by atoms with Crippen molar-refractivity contribution < 1.29 is 0 Å². The summed E-state index contributed by atoms with van der Waals surface area (Å²) in [7, 11) is 0. The number of hydrogen-bond acceptors (Lipinski definition) is 2. The van der Waals surface area contributed by atoms with Gasteiger partial charge in [0.05, 0.1) is 23.0 Å². The lowest BCUT2D eigenvalue weighted by Crippen LogP contribution is -1.96. The number of rotatable bonds is 2. The SMILES string of the molecule is N#Cc1cc(Br)cc(-n2ccc(C3CC3)n2)c1. The lowest BCUT2D eigenvalue weighted by atomic mass is 10.2. The van der Waals surface area contributed by atoms with Gasteiger partial charge in [-0.15, -0.1) is 0 Å². The first-order valence-electron chi connectivity index (χ1n) is 5.53. The predicted molar refractivity (Wildman–Crippen MR) is 68.0 cm³/mol. The second-order valence-electron chi connectivity index (χ2n) is 4.27. The number of nitriles is 1. The van der Waals surface area contributed by atoms with Crippen LogP contribution < -0.4 is 0 Å². The van der Waals surface area contributed by atoms with E-state index in [9.17, 15) is 0 Å². The maximum atomic E-state index is 8.94. The number of hydrogen-bond donors (Lipinski definition) is 0. The molecular weight excluding hydrogens is 278 g/mol. The van der Waals surface area contributed by atoms with Crippen molar-refractivity contribution in [3.05, 3.63) is 46.2 Å². The smallest absolute Gasteiger partial charge is 0.0992 e. The first kappa shape index (κ1) is 10.5. The molecule has 1 fully saturated rings. The molecule has 0 aliphatic heterocycles. The Hall–Kier alpha value is -1.60. The minimum Gasteiger partial charge on any atom is -0.241 e. The Bertz CT molecular complexity index is 605. The van der Waals surface area contributed by atoms with Gasteiger partial charge in [0.2, 0.25) is 0 Å². The lowest BCUT2D eigenvalue weighted by Gasteiger charge is -2.02. The molecule has 1 aromatic heterocycles. The van der Waals surface area contributed by atoms with Crippen molar-refractivity contribution in [2.24, 2.45) is 0 Å². The van der Waals surface area contributed by atoms with Gasteiger partial charge in [0, 0.05) is 16.6 Å². The summed E-state index contributed by atoms with van der Waals surface area (Å²) in [6.07, 6.45) is 4.45. The fourth-order valence-corrected chi connectivity index (χ4v) is 2.33. The molecule has 3 nitrogen and oxygen atoms in total. The summed E-state index contributed by atoms with van der Waals surface area (Å²) in [5, 5.41) is 13.5. The molecule has 0 saturated heterocycles. The quantitative estimate of drug-likeness (QED) is 0.850. The predicted octanol–water partition coefficient (Wildman–Crippen LogP) is 3.38. The summed E-state index contributed by atoms with van der Waals surface area (Å²) in [6, 6.07) is 9.81. The Morgan fingerprint density at radius 1 is 1.35 bits per heavy atom. The topological polar surface area (TPSA) is 41.6 Å². The second-order valence-corrected chi connectivity index (χ2v) is 5.19. The average molecular weight is 288 g/mol. The summed E-state index contributed by atoms with van der Waals surface area (Å²) in [5.74, 6) is 0.652. The van der Waals surface area contributed by atoms with Crippen LogP contribution in [0.15, 0.2) is 34.9 Å². The van der Waals surface area contributed by atoms with Gasteiger partial charge in [-0.25, -0.2) is 4.68 Å². The monoisotopic (exact) mass is 287 g/mol. The lowest BCUT2D eigenvalue weighted by molar-refractivity contribution is 0.836. The molecule has 4 heteroatoms. The zero-order chi connectivity index (χ0) is 11.8. The van der Waals surface area contributed by atoms with Crippen LogP contribution in [-0.2, 0) is 0 Å². The third kappa shape index (κ3) is 2.11. The van der Waals surface area contributed by atoms with Crippen molar-refractivity contribution in [1.82, 2.24) is 9.78 Å². The molecule has 0 spiro atoms. The second kappa shape index (κ2) is 4.01. The van der Waals surface area contributed by atoms with E-state index in [1.54, 1.807) is 6.07 Å². The third-order valence-electron chi connectivity index (χ3n) is 2.88. The van der Waals surface area contributed by atoms with Crippen LogP contribution in [0.5, 0.6) is 0 Å². The molecule has 1 saturated carbocycles. The van der Waals surface area contributed by atoms with Gasteiger partial charge in [-0.3, -0.25) is 0 Å². The molecule has 84 valence electrons. The van der Waals surface area contributed by atoms with Crippen molar-refractivity contribution in [2.75, 3.05) is 0 Å². The van der Waals surface area contributed by atoms with Gasteiger partial charge in [0.25, 0.3) is 0 Å². The number of halogens is 1. The van der Waals surface area contributed by atoms with E-state index in [1.165, 1.54) is 12.8 Å². The van der Waals surface area contributed by atoms with Gasteiger partial charge >= 0.3 is 0 Å². The highest BCUT2D eigenvalue weighted by atomic mass is 79.9. The van der Waals surface area contributed by atoms with Crippen LogP contribution in [0.3, 0.4) is 0 Å². The molecule has 0 N–H and O–H groups in total. The summed E-state index contributed by atoms with van der Waals surface area (Å²) in [4.78, 5) is 0. The summed E-state index contributed by atoms with van der Waals surface area (Å²) in [6.45, 7) is 0. The average Bonchev–Trinajstić information content (AvgIpc) is 3.06. The van der Waals surface area contributed by atoms with Crippen LogP contribution in [0, 0.1) is 11.3 Å². The summed E-state index contributed by atoms with van der Waals surface area (Å²) >= 11 is 3.41. The maximum absolute atomic E-state index is 8.94. The molecule has 0 unspecified atom stereocenters. The zero-order valence-corrected chi connectivity index (χ0v) is 10.7. The van der Waals surface area contributed by atoms with Crippen LogP contribution in [0.25, 0.3) is 5.69 Å². The van der Waals surface area contributed by atoms with E-state index in [0.717, 1.165) is 15.9 Å². The Labute approximate surface area is 108 Å². The van der Waals surface area contributed by atoms with E-state index in [1.807, 2.05) is 23.0 Å². The minimum absolute atomic E-state index is 0.637. The molecule has 1 aromatic carbocycles. The molecule has 1 aliphatic rings. The Balaban J connectivity index is 2.01. The molecule has 0 radical (unpaired) electrons. The first-order chi connectivity index (χ1) is 8.26. The van der Waals surface area contributed by atoms with Crippen molar-refractivity contribution in [3.8, 4) is 11.8 Å². The molecule has 1 heterocycles. The Morgan fingerprint density at radius 2 is 2.18 bits per heavy atom. The molecule has 1 aliphatic carbocycles. The van der Waals surface area contributed by atoms with Gasteiger partial charge < -0.3 is 0 Å². The van der Waals surface area contributed by atoms with E-state index in [2.05, 4.69) is 33.2 Å². The van der Waals surface area contributed by atoms with Gasteiger partial charge in [0.1, 0.15) is 0 Å². The number of aromatic nitrogens is 2. The molecule has 0 amide bonds. The third-order valence-corrected chi connectivity index (χ3v) is 3.34. The standard InChI is InChI=1S/C13H10BrN3/c14-11-5-9(8-15)6-12(7-11)17-4-3-13(16-17)10-1-2-10/h3-7,10H,1-2H2. The first-order valence-corrected chi connectivity index (χ1v) is 6.32. The van der Waals surface area contributed by atoms with Gasteiger partial charge in [-0.1, -0.05) is 15.9 Å². The van der Waals surface area contributed by atoms with Crippen molar-refractivity contribution in [1.29, 1.82) is 5.26 Å². The normalized spacial score (nSPS) is 14.6. The highest BCUT2D eigenvalue weighted by Gasteiger charge is 2.25. The maximum Gasteiger partial charge on any atom is 0.0992 e.